The van der Waals surface area contributed by atoms with Crippen molar-refractivity contribution in [3.05, 3.63) is 11.9 Å². The molecule has 0 aromatic carbocycles. The van der Waals surface area contributed by atoms with Crippen molar-refractivity contribution < 1.29 is 28.8 Å². The summed E-state index contributed by atoms with van der Waals surface area (Å²) in [4.78, 5) is 83.6. The minimum absolute atomic E-state index is 0.0664. The van der Waals surface area contributed by atoms with E-state index >= 15 is 0 Å². The monoisotopic (exact) mass is 787 g/mol. The first-order chi connectivity index (χ1) is 26.6. The summed E-state index contributed by atoms with van der Waals surface area (Å²) in [6, 6.07) is -4.80. The van der Waals surface area contributed by atoms with E-state index in [0.29, 0.717) is 64.6 Å². The number of hydrogen-bond acceptors (Lipinski definition) is 11. The summed E-state index contributed by atoms with van der Waals surface area (Å²) < 4.78 is 1.70. The number of primary amides is 1. The van der Waals surface area contributed by atoms with Crippen molar-refractivity contribution in [2.45, 2.75) is 167 Å². The van der Waals surface area contributed by atoms with Crippen molar-refractivity contribution in [3.8, 4) is 0 Å². The van der Waals surface area contributed by atoms with Crippen molar-refractivity contribution in [1.82, 2.24) is 46.5 Å². The molecular weight excluding hydrogens is 720 g/mol. The van der Waals surface area contributed by atoms with E-state index in [2.05, 4.69) is 36.9 Å². The van der Waals surface area contributed by atoms with Gasteiger partial charge < -0.3 is 43.4 Å². The lowest BCUT2D eigenvalue weighted by molar-refractivity contribution is -0.140. The molecule has 0 radical (unpaired) electrons. The highest BCUT2D eigenvalue weighted by Gasteiger charge is 2.40. The second-order valence-corrected chi connectivity index (χ2v) is 16.8. The number of rotatable bonds is 11. The molecule has 11 N–H and O–H groups in total. The Balaban J connectivity index is 1.61. The Labute approximate surface area is 330 Å². The molecule has 18 heteroatoms. The third-order valence-electron chi connectivity index (χ3n) is 11.1. The first kappa shape index (κ1) is 44.6. The predicted molar refractivity (Wildman–Crippen MR) is 209 cm³/mol. The van der Waals surface area contributed by atoms with Crippen LogP contribution in [0.5, 0.6) is 0 Å². The quantitative estimate of drug-likeness (QED) is 0.107. The summed E-state index contributed by atoms with van der Waals surface area (Å²) >= 11 is 0. The molecule has 0 spiro atoms. The molecule has 18 nitrogen and oxygen atoms in total. The van der Waals surface area contributed by atoms with Crippen LogP contribution in [0.25, 0.3) is 0 Å². The van der Waals surface area contributed by atoms with Crippen LogP contribution in [0.4, 0.5) is 0 Å². The van der Waals surface area contributed by atoms with Crippen molar-refractivity contribution >= 4 is 35.4 Å². The van der Waals surface area contributed by atoms with Crippen molar-refractivity contribution in [2.75, 3.05) is 13.1 Å². The van der Waals surface area contributed by atoms with Crippen LogP contribution in [-0.2, 0) is 41.7 Å². The molecular formula is C38H66N12O6. The van der Waals surface area contributed by atoms with Gasteiger partial charge in [-0.1, -0.05) is 51.7 Å². The van der Waals surface area contributed by atoms with Gasteiger partial charge in [-0.25, -0.2) is 0 Å². The lowest BCUT2D eigenvalue weighted by Crippen LogP contribution is -2.61. The smallest absolute Gasteiger partial charge is 0.243 e. The van der Waals surface area contributed by atoms with Crippen LogP contribution in [0.15, 0.2) is 6.20 Å². The van der Waals surface area contributed by atoms with Crippen LogP contribution in [0.2, 0.25) is 0 Å². The first-order valence-corrected chi connectivity index (χ1v) is 20.6. The first-order valence-electron chi connectivity index (χ1n) is 20.6. The van der Waals surface area contributed by atoms with Crippen LogP contribution in [0.1, 0.15) is 123 Å². The highest BCUT2D eigenvalue weighted by atomic mass is 16.2. The number of amides is 6. The third kappa shape index (κ3) is 13.5. The molecule has 1 aromatic rings. The Morgan fingerprint density at radius 1 is 0.875 bits per heavy atom. The van der Waals surface area contributed by atoms with Crippen LogP contribution in [0, 0.1) is 11.3 Å². The number of nitrogens with one attached hydrogen (secondary N) is 5. The normalized spacial score (nSPS) is 23.7. The van der Waals surface area contributed by atoms with E-state index in [1.54, 1.807) is 30.4 Å². The van der Waals surface area contributed by atoms with Gasteiger partial charge in [0.2, 0.25) is 35.4 Å². The number of hydrogen-bond donors (Lipinski definition) is 8. The Bertz CT molecular complexity index is 1490. The van der Waals surface area contributed by atoms with Crippen LogP contribution in [-0.4, -0.2) is 105 Å². The minimum atomic E-state index is -1.10. The number of nitrogens with two attached hydrogens (primary N) is 3. The van der Waals surface area contributed by atoms with Crippen LogP contribution in [0.3, 0.4) is 0 Å². The van der Waals surface area contributed by atoms with Gasteiger partial charge in [-0.2, -0.15) is 0 Å². The molecule has 1 aliphatic carbocycles. The maximum absolute atomic E-state index is 14.4. The molecule has 5 atom stereocenters. The van der Waals surface area contributed by atoms with Gasteiger partial charge in [0, 0.05) is 25.7 Å². The second kappa shape index (κ2) is 21.4. The minimum Gasteiger partial charge on any atom is -0.368 e. The van der Waals surface area contributed by atoms with Gasteiger partial charge in [0.15, 0.2) is 0 Å². The Morgan fingerprint density at radius 2 is 1.57 bits per heavy atom. The number of nitrogens with zero attached hydrogens (tertiary/aromatic N) is 4. The highest BCUT2D eigenvalue weighted by Crippen LogP contribution is 2.28. The summed E-state index contributed by atoms with van der Waals surface area (Å²) in [7, 11) is 0. The van der Waals surface area contributed by atoms with E-state index in [1.807, 2.05) is 6.20 Å². The van der Waals surface area contributed by atoms with E-state index in [0.717, 1.165) is 50.6 Å². The largest absolute Gasteiger partial charge is 0.368 e. The summed E-state index contributed by atoms with van der Waals surface area (Å²) in [5.41, 5.74) is 17.0. The van der Waals surface area contributed by atoms with Gasteiger partial charge >= 0.3 is 0 Å². The maximum Gasteiger partial charge on any atom is 0.243 e. The van der Waals surface area contributed by atoms with Crippen LogP contribution >= 0.6 is 0 Å². The van der Waals surface area contributed by atoms with Gasteiger partial charge in [-0.15, -0.1) is 5.10 Å². The van der Waals surface area contributed by atoms with Gasteiger partial charge in [-0.3, -0.25) is 38.8 Å². The summed E-state index contributed by atoms with van der Waals surface area (Å²) in [6.45, 7) is 6.56. The van der Waals surface area contributed by atoms with Gasteiger partial charge in [0.1, 0.15) is 36.5 Å². The Morgan fingerprint density at radius 3 is 2.27 bits per heavy atom. The zero-order valence-corrected chi connectivity index (χ0v) is 33.5. The topological polar surface area (TPSA) is 275 Å². The molecule has 2 fully saturated rings. The second-order valence-electron chi connectivity index (χ2n) is 16.8. The van der Waals surface area contributed by atoms with Crippen LogP contribution < -0.4 is 43.8 Å². The van der Waals surface area contributed by atoms with Crippen molar-refractivity contribution in [3.63, 3.8) is 0 Å². The number of carbonyl (C=O) groups excluding carboxylic acids is 6. The lowest BCUT2D eigenvalue weighted by atomic mass is 9.83. The van der Waals surface area contributed by atoms with Gasteiger partial charge in [0.05, 0.1) is 5.69 Å². The van der Waals surface area contributed by atoms with E-state index in [1.165, 1.54) is 0 Å². The number of aromatic nitrogens is 3. The van der Waals surface area contributed by atoms with Crippen molar-refractivity contribution in [2.24, 2.45) is 28.5 Å². The number of fused-ring (bicyclic) bond motifs is 3. The van der Waals surface area contributed by atoms with E-state index in [9.17, 15) is 28.8 Å². The average molecular weight is 787 g/mol. The number of carbonyl (C=O) groups is 6. The zero-order valence-electron chi connectivity index (χ0n) is 33.5. The highest BCUT2D eigenvalue weighted by molar-refractivity contribution is 5.96. The lowest BCUT2D eigenvalue weighted by Gasteiger charge is -2.33. The predicted octanol–water partition coefficient (Wildman–Crippen LogP) is -0.212. The van der Waals surface area contributed by atoms with E-state index < -0.39 is 65.5 Å². The summed E-state index contributed by atoms with van der Waals surface area (Å²) in [5, 5.41) is 23.0. The fourth-order valence-corrected chi connectivity index (χ4v) is 7.98. The SMILES string of the molecule is CC(C)(C)[C@H](NC(=O)[C@H](CCCNC(N)N)NC(=O)[C@@H]1CCCn2cc(nn2)CCCCCC(=O)N2CCC[C@H]2C(=O)N[C@@H](C2CCCCC2)C(=O)N1)C(N)=O. The molecule has 2 aliphatic heterocycles. The molecule has 1 saturated heterocycles. The fraction of sp³-hybridized carbons (Fsp3) is 0.789. The fourth-order valence-electron chi connectivity index (χ4n) is 7.98. The average Bonchev–Trinajstić information content (AvgIpc) is 3.83. The molecule has 3 heterocycles. The molecule has 4 rings (SSSR count). The summed E-state index contributed by atoms with van der Waals surface area (Å²) in [5.74, 6) is -3.00. The Kier molecular flexibility index (Phi) is 17.0. The standard InChI is InChI=1S/C38H66N12O6/c1-38(2,3)31(32(39)52)46-34(54)26(16-10-20-42-37(40)41)43-33(53)27-17-11-21-49-23-25(47-48-49)15-8-5-9-19-29(51)50-22-12-18-28(50)35(55)45-30(36(56)44-27)24-13-6-4-7-14-24/h23-24,26-28,30-31,37,42H,4-22,40-41H2,1-3H3,(H2,39,52)(H,43,53)(H,44,56)(H,45,55)(H,46,54)/t26-,27-,28-,30-,31+/m0/s1. The maximum atomic E-state index is 14.4. The van der Waals surface area contributed by atoms with Gasteiger partial charge in [-0.05, 0) is 88.5 Å². The third-order valence-corrected chi connectivity index (χ3v) is 11.1. The van der Waals surface area contributed by atoms with E-state index in [4.69, 9.17) is 17.2 Å². The molecule has 314 valence electrons. The zero-order chi connectivity index (χ0) is 40.8. The Hall–Kier alpha value is -4.16. The van der Waals surface area contributed by atoms with E-state index in [-0.39, 0.29) is 30.6 Å². The molecule has 6 amide bonds. The van der Waals surface area contributed by atoms with Gasteiger partial charge in [0.25, 0.3) is 0 Å². The van der Waals surface area contributed by atoms with Crippen molar-refractivity contribution in [1.29, 1.82) is 0 Å². The molecule has 1 saturated carbocycles. The molecule has 2 bridgehead atoms. The molecule has 1 aromatic heterocycles. The number of aryl methyl sites for hydroxylation is 2. The summed E-state index contributed by atoms with van der Waals surface area (Å²) in [6.07, 6.45) is 11.2. The molecule has 0 unspecified atom stereocenters. The molecule has 3 aliphatic rings. The molecule has 56 heavy (non-hydrogen) atoms.